The fourth-order valence-electron chi connectivity index (χ4n) is 9.37. The van der Waals surface area contributed by atoms with E-state index in [0.29, 0.717) is 17.5 Å². The van der Waals surface area contributed by atoms with Crippen LogP contribution in [-0.4, -0.2) is 19.5 Å². The summed E-state index contributed by atoms with van der Waals surface area (Å²) in [4.78, 5) is 17.7. The van der Waals surface area contributed by atoms with Crippen molar-refractivity contribution in [3.63, 3.8) is 0 Å². The summed E-state index contributed by atoms with van der Waals surface area (Å²) in [6.45, 7) is 0. The lowest BCUT2D eigenvalue weighted by Gasteiger charge is -2.40. The second-order valence-corrected chi connectivity index (χ2v) is 15.8. The summed E-state index contributed by atoms with van der Waals surface area (Å²) in [5.41, 5.74) is 13.7. The van der Waals surface area contributed by atoms with Gasteiger partial charge in [-0.05, 0) is 63.7 Å². The van der Waals surface area contributed by atoms with Crippen molar-refractivity contribution in [2.24, 2.45) is 0 Å². The summed E-state index contributed by atoms with van der Waals surface area (Å²) in [6, 6.07) is 69.6. The van der Waals surface area contributed by atoms with E-state index in [1.807, 2.05) is 72.4 Å². The van der Waals surface area contributed by atoms with Crippen molar-refractivity contribution in [2.75, 3.05) is 0 Å². The maximum Gasteiger partial charge on any atom is 0.164 e. The van der Waals surface area contributed by atoms with Gasteiger partial charge in [0.2, 0.25) is 0 Å². The molecular weight excluding hydrogens is 713 g/mol. The quantitative estimate of drug-likeness (QED) is 0.180. The van der Waals surface area contributed by atoms with Crippen LogP contribution < -0.4 is 0 Å². The molecule has 0 atom stereocenters. The van der Waals surface area contributed by atoms with Gasteiger partial charge in [-0.3, -0.25) is 0 Å². The van der Waals surface area contributed by atoms with Crippen molar-refractivity contribution >= 4 is 33.6 Å². The zero-order chi connectivity index (χ0) is 37.5. The Morgan fingerprint density at radius 1 is 0.404 bits per heavy atom. The molecule has 0 N–H and O–H groups in total. The third kappa shape index (κ3) is 4.67. The van der Waals surface area contributed by atoms with Crippen LogP contribution in [0.2, 0.25) is 0 Å². The molecule has 10 aromatic rings. The highest BCUT2D eigenvalue weighted by Crippen LogP contribution is 2.63. The van der Waals surface area contributed by atoms with Crippen LogP contribution in [0, 0.1) is 0 Å². The molecule has 8 aromatic carbocycles. The number of benzene rings is 8. The molecule has 0 amide bonds. The van der Waals surface area contributed by atoms with Crippen LogP contribution in [0.25, 0.3) is 72.8 Å². The van der Waals surface area contributed by atoms with Gasteiger partial charge in [-0.2, -0.15) is 0 Å². The van der Waals surface area contributed by atoms with Gasteiger partial charge in [0.15, 0.2) is 17.5 Å². The van der Waals surface area contributed by atoms with Gasteiger partial charge in [0.25, 0.3) is 0 Å². The summed E-state index contributed by atoms with van der Waals surface area (Å²) < 4.78 is 2.41. The molecule has 0 unspecified atom stereocenters. The second kappa shape index (κ2) is 12.5. The fraction of sp³-hybridized carbons (Fsp3) is 0.0192. The number of aromatic nitrogens is 4. The number of rotatable bonds is 4. The Kier molecular flexibility index (Phi) is 7.04. The summed E-state index contributed by atoms with van der Waals surface area (Å²) in [6.07, 6.45) is 0. The molecule has 0 radical (unpaired) electrons. The van der Waals surface area contributed by atoms with E-state index in [1.54, 1.807) is 0 Å². The molecule has 0 saturated heterocycles. The predicted octanol–water partition coefficient (Wildman–Crippen LogP) is 12.8. The Balaban J connectivity index is 1.10. The highest BCUT2D eigenvalue weighted by atomic mass is 32.2. The van der Waals surface area contributed by atoms with Gasteiger partial charge in [-0.15, -0.1) is 0 Å². The third-order valence-corrected chi connectivity index (χ3v) is 12.9. The van der Waals surface area contributed by atoms with E-state index in [0.717, 1.165) is 27.9 Å². The van der Waals surface area contributed by atoms with Gasteiger partial charge in [0.1, 0.15) is 0 Å². The smallest absolute Gasteiger partial charge is 0.164 e. The monoisotopic (exact) mass is 744 g/mol. The molecule has 0 bridgehead atoms. The number of hydrogen-bond donors (Lipinski definition) is 0. The first-order valence-corrected chi connectivity index (χ1v) is 20.1. The molecule has 0 fully saturated rings. The van der Waals surface area contributed by atoms with Gasteiger partial charge in [0, 0.05) is 42.9 Å². The normalized spacial score (nSPS) is 13.3. The Hall–Kier alpha value is -7.08. The molecule has 4 nitrogen and oxygen atoms in total. The first-order chi connectivity index (χ1) is 28.3. The standard InChI is InChI=1S/C52H32N4S/c1-3-16-33(17-4-1)49-53-50(34-18-5-2-6-19-34)55-51(54-49)35-20-15-21-36(32-35)56-44-28-13-9-24-39(44)47-45(56)31-30-43-48(47)57-46-29-14-12-27-42(46)52(43)40-25-10-7-22-37(40)38-23-8-11-26-41(38)52/h1-32H. The lowest BCUT2D eigenvalue weighted by molar-refractivity contribution is 0.726. The highest BCUT2D eigenvalue weighted by molar-refractivity contribution is 7.99. The molecule has 0 saturated carbocycles. The van der Waals surface area contributed by atoms with Crippen LogP contribution in [0.15, 0.2) is 204 Å². The zero-order valence-corrected chi connectivity index (χ0v) is 31.5. The minimum Gasteiger partial charge on any atom is -0.309 e. The average Bonchev–Trinajstić information content (AvgIpc) is 3.78. The number of hydrogen-bond acceptors (Lipinski definition) is 4. The molecule has 1 aliphatic heterocycles. The maximum absolute atomic E-state index is 5.07. The molecule has 2 aliphatic rings. The van der Waals surface area contributed by atoms with Gasteiger partial charge >= 0.3 is 0 Å². The highest BCUT2D eigenvalue weighted by Gasteiger charge is 2.50. The SMILES string of the molecule is c1ccc(-c2nc(-c3ccccc3)nc(-c3cccc(-n4c5ccccc5c5c6c(ccc54)C4(c5ccccc5S6)c5ccccc5-c5ccccc54)c3)n2)cc1. The summed E-state index contributed by atoms with van der Waals surface area (Å²) in [5, 5.41) is 2.50. The van der Waals surface area contributed by atoms with E-state index < -0.39 is 5.41 Å². The van der Waals surface area contributed by atoms with Gasteiger partial charge in [0.05, 0.1) is 16.4 Å². The zero-order valence-electron chi connectivity index (χ0n) is 30.7. The summed E-state index contributed by atoms with van der Waals surface area (Å²) >= 11 is 1.90. The first-order valence-electron chi connectivity index (χ1n) is 19.3. The lowest BCUT2D eigenvalue weighted by Crippen LogP contribution is -2.32. The van der Waals surface area contributed by atoms with E-state index in [2.05, 4.69) is 138 Å². The maximum atomic E-state index is 5.07. The second-order valence-electron chi connectivity index (χ2n) is 14.7. The van der Waals surface area contributed by atoms with Crippen molar-refractivity contribution in [1.29, 1.82) is 0 Å². The molecule has 266 valence electrons. The molecule has 1 spiro atoms. The van der Waals surface area contributed by atoms with Crippen LogP contribution in [0.1, 0.15) is 22.3 Å². The van der Waals surface area contributed by atoms with Gasteiger partial charge < -0.3 is 4.57 Å². The van der Waals surface area contributed by atoms with E-state index in [4.69, 9.17) is 15.0 Å². The number of fused-ring (bicyclic) bond motifs is 13. The molecular formula is C52H32N4S. The van der Waals surface area contributed by atoms with Gasteiger partial charge in [-0.25, -0.2) is 15.0 Å². The van der Waals surface area contributed by atoms with Crippen LogP contribution in [0.4, 0.5) is 0 Å². The molecule has 1 aliphatic carbocycles. The lowest BCUT2D eigenvalue weighted by atomic mass is 9.67. The van der Waals surface area contributed by atoms with Crippen LogP contribution in [0.3, 0.4) is 0 Å². The Bertz CT molecular complexity index is 3120. The van der Waals surface area contributed by atoms with E-state index in [9.17, 15) is 0 Å². The first kappa shape index (κ1) is 32.2. The minimum atomic E-state index is -0.437. The third-order valence-electron chi connectivity index (χ3n) is 11.7. The van der Waals surface area contributed by atoms with Crippen molar-refractivity contribution in [2.45, 2.75) is 15.2 Å². The van der Waals surface area contributed by atoms with Crippen molar-refractivity contribution in [3.05, 3.63) is 216 Å². The van der Waals surface area contributed by atoms with Crippen molar-refractivity contribution in [1.82, 2.24) is 19.5 Å². The van der Waals surface area contributed by atoms with E-state index >= 15 is 0 Å². The largest absolute Gasteiger partial charge is 0.309 e. The Morgan fingerprint density at radius 3 is 1.63 bits per heavy atom. The average molecular weight is 745 g/mol. The summed E-state index contributed by atoms with van der Waals surface area (Å²) in [5.74, 6) is 1.93. The van der Waals surface area contributed by atoms with Crippen LogP contribution >= 0.6 is 11.8 Å². The molecule has 57 heavy (non-hydrogen) atoms. The summed E-state index contributed by atoms with van der Waals surface area (Å²) in [7, 11) is 0. The topological polar surface area (TPSA) is 43.6 Å². The van der Waals surface area contributed by atoms with Crippen molar-refractivity contribution < 1.29 is 0 Å². The Morgan fingerprint density at radius 2 is 0.947 bits per heavy atom. The minimum absolute atomic E-state index is 0.437. The van der Waals surface area contributed by atoms with E-state index in [-0.39, 0.29) is 0 Å². The van der Waals surface area contributed by atoms with Gasteiger partial charge in [-0.1, -0.05) is 176 Å². The van der Waals surface area contributed by atoms with Crippen LogP contribution in [0.5, 0.6) is 0 Å². The molecule has 2 aromatic heterocycles. The molecule has 3 heterocycles. The Labute approximate surface area is 334 Å². The number of para-hydroxylation sites is 1. The van der Waals surface area contributed by atoms with E-state index in [1.165, 1.54) is 59.5 Å². The fourth-order valence-corrected chi connectivity index (χ4v) is 10.7. The van der Waals surface area contributed by atoms with Crippen LogP contribution in [-0.2, 0) is 5.41 Å². The number of nitrogens with zero attached hydrogens (tertiary/aromatic N) is 4. The molecule has 5 heteroatoms. The van der Waals surface area contributed by atoms with Crippen molar-refractivity contribution in [3.8, 4) is 51.0 Å². The predicted molar refractivity (Wildman–Crippen MR) is 232 cm³/mol. The molecule has 12 rings (SSSR count).